The number of rotatable bonds is 30. The summed E-state index contributed by atoms with van der Waals surface area (Å²) in [5.41, 5.74) is 5.06. The lowest BCUT2D eigenvalue weighted by Crippen LogP contribution is -2.45. The topological polar surface area (TPSA) is 159 Å². The first-order valence-corrected chi connectivity index (χ1v) is 22.7. The number of hydrogen-bond acceptors (Lipinski definition) is 13. The number of carbonyl (C=O) groups is 5. The van der Waals surface area contributed by atoms with E-state index in [1.54, 1.807) is 6.07 Å². The molecule has 0 bridgehead atoms. The Bertz CT molecular complexity index is 1960. The molecule has 3 aromatic rings. The molecule has 1 saturated heterocycles. The Morgan fingerprint density at radius 1 is 0.646 bits per heavy atom. The third-order valence-corrected chi connectivity index (χ3v) is 11.6. The van der Waals surface area contributed by atoms with Crippen LogP contribution in [0.5, 0.6) is 5.75 Å². The summed E-state index contributed by atoms with van der Waals surface area (Å²) in [7, 11) is 2.27. The van der Waals surface area contributed by atoms with Gasteiger partial charge in [0.1, 0.15) is 50.4 Å². The fourth-order valence-corrected chi connectivity index (χ4v) is 7.08. The summed E-state index contributed by atoms with van der Waals surface area (Å²) in [5.74, 6) is -3.86. The molecule has 13 nitrogen and oxygen atoms in total. The van der Waals surface area contributed by atoms with Gasteiger partial charge in [-0.1, -0.05) is 107 Å². The largest absolute Gasteiger partial charge is 0.492 e. The van der Waals surface area contributed by atoms with Gasteiger partial charge in [0.25, 0.3) is 0 Å². The van der Waals surface area contributed by atoms with Crippen LogP contribution in [0.2, 0.25) is 0 Å². The summed E-state index contributed by atoms with van der Waals surface area (Å²) in [6.45, 7) is 9.51. The smallest absolute Gasteiger partial charge is 0.333 e. The quantitative estimate of drug-likeness (QED) is 0.0206. The van der Waals surface area contributed by atoms with Crippen molar-refractivity contribution in [1.29, 1.82) is 0 Å². The summed E-state index contributed by atoms with van der Waals surface area (Å²) < 4.78 is 43.9. The Morgan fingerprint density at radius 3 is 1.69 bits per heavy atom. The Morgan fingerprint density at radius 2 is 1.17 bits per heavy atom. The van der Waals surface area contributed by atoms with E-state index in [2.05, 4.69) is 78.4 Å². The van der Waals surface area contributed by atoms with E-state index < -0.39 is 67.9 Å². The number of ether oxygens (including phenoxy) is 8. The number of carbonyl (C=O) groups excluding carboxylic acids is 5. The molecule has 0 spiro atoms. The molecule has 65 heavy (non-hydrogen) atoms. The molecule has 13 heteroatoms. The van der Waals surface area contributed by atoms with Gasteiger partial charge in [-0.15, -0.1) is 0 Å². The first-order valence-electron chi connectivity index (χ1n) is 22.7. The molecule has 0 radical (unpaired) electrons. The van der Waals surface area contributed by atoms with Crippen molar-refractivity contribution in [2.75, 3.05) is 60.5 Å². The van der Waals surface area contributed by atoms with E-state index in [9.17, 15) is 24.0 Å². The van der Waals surface area contributed by atoms with Crippen LogP contribution in [-0.2, 0) is 83.0 Å². The first kappa shape index (κ1) is 52.1. The summed E-state index contributed by atoms with van der Waals surface area (Å²) in [6, 6.07) is 23.2. The Hall–Kier alpha value is -5.53. The van der Waals surface area contributed by atoms with Gasteiger partial charge in [0, 0.05) is 16.6 Å². The van der Waals surface area contributed by atoms with Gasteiger partial charge in [0.15, 0.2) is 0 Å². The molecule has 1 aliphatic heterocycles. The van der Waals surface area contributed by atoms with E-state index in [-0.39, 0.29) is 24.2 Å². The van der Waals surface area contributed by atoms with E-state index >= 15 is 0 Å². The van der Waals surface area contributed by atoms with E-state index in [0.717, 1.165) is 51.0 Å². The van der Waals surface area contributed by atoms with Crippen LogP contribution in [0, 0.1) is 10.8 Å². The van der Waals surface area contributed by atoms with Crippen LogP contribution < -0.4 is 4.74 Å². The average Bonchev–Trinajstić information content (AvgIpc) is 3.30. The van der Waals surface area contributed by atoms with Crippen LogP contribution in [0.15, 0.2) is 78.9 Å². The maximum atomic E-state index is 12.7. The molecule has 354 valence electrons. The third kappa shape index (κ3) is 17.8. The van der Waals surface area contributed by atoms with Crippen LogP contribution in [0.4, 0.5) is 0 Å². The molecule has 0 atom stereocenters. The number of esters is 5. The average molecular weight is 901 g/mol. The highest BCUT2D eigenvalue weighted by atomic mass is 16.6. The molecule has 0 unspecified atom stereocenters. The predicted octanol–water partition coefficient (Wildman–Crippen LogP) is 8.68. The second-order valence-electron chi connectivity index (χ2n) is 17.2. The van der Waals surface area contributed by atoms with Crippen molar-refractivity contribution in [1.82, 2.24) is 0 Å². The number of methoxy groups -OCH3 is 2. The first-order chi connectivity index (χ1) is 31.3. The molecule has 1 fully saturated rings. The van der Waals surface area contributed by atoms with Gasteiger partial charge in [0.2, 0.25) is 0 Å². The molecule has 1 aliphatic rings. The Labute approximate surface area is 384 Å². The molecule has 0 saturated carbocycles. The molecule has 0 amide bonds. The molecule has 1 heterocycles. The Kier molecular flexibility index (Phi) is 21.7. The monoisotopic (exact) mass is 900 g/mol. The maximum Gasteiger partial charge on any atom is 0.333 e. The molecule has 3 aromatic carbocycles. The van der Waals surface area contributed by atoms with Gasteiger partial charge in [-0.3, -0.25) is 19.2 Å². The highest BCUT2D eigenvalue weighted by molar-refractivity contribution is 5.91. The fourth-order valence-electron chi connectivity index (χ4n) is 7.08. The number of benzene rings is 3. The zero-order valence-electron chi connectivity index (χ0n) is 39.0. The van der Waals surface area contributed by atoms with Crippen molar-refractivity contribution in [2.24, 2.45) is 10.8 Å². The van der Waals surface area contributed by atoms with E-state index in [1.807, 2.05) is 12.1 Å². The summed E-state index contributed by atoms with van der Waals surface area (Å²) in [4.78, 5) is 61.7. The number of hydrogen-bond donors (Lipinski definition) is 0. The minimum Gasteiger partial charge on any atom is -0.492 e. The van der Waals surface area contributed by atoms with E-state index in [4.69, 9.17) is 28.4 Å². The lowest BCUT2D eigenvalue weighted by atomic mass is 9.84. The third-order valence-electron chi connectivity index (χ3n) is 11.6. The molecule has 0 N–H and O–H groups in total. The minimum absolute atomic E-state index is 0.0749. The summed E-state index contributed by atoms with van der Waals surface area (Å²) in [6.07, 6.45) is 10.3. The maximum absolute atomic E-state index is 12.7. The van der Waals surface area contributed by atoms with Crippen molar-refractivity contribution in [3.8, 4) is 16.9 Å². The van der Waals surface area contributed by atoms with Crippen LogP contribution in [0.3, 0.4) is 0 Å². The fraction of sp³-hybridized carbons (Fsp3) is 0.519. The van der Waals surface area contributed by atoms with Crippen molar-refractivity contribution in [3.05, 3.63) is 101 Å². The zero-order chi connectivity index (χ0) is 47.1. The minimum atomic E-state index is -1.53. The molecule has 4 rings (SSSR count). The van der Waals surface area contributed by atoms with Crippen LogP contribution in [0.1, 0.15) is 101 Å². The van der Waals surface area contributed by atoms with Gasteiger partial charge >= 0.3 is 29.8 Å². The van der Waals surface area contributed by atoms with Gasteiger partial charge < -0.3 is 37.9 Å². The lowest BCUT2D eigenvalue weighted by Gasteiger charge is -2.40. The molecule has 0 aliphatic carbocycles. The van der Waals surface area contributed by atoms with Gasteiger partial charge in [-0.2, -0.15) is 0 Å². The van der Waals surface area contributed by atoms with Gasteiger partial charge in [-0.25, -0.2) is 4.79 Å². The molecule has 0 aromatic heterocycles. The van der Waals surface area contributed by atoms with E-state index in [1.165, 1.54) is 62.1 Å². The SMILES string of the molecule is C=C(C)C(=O)OCC(COC(=O)CC(=O)OC)(COC(=O)CC(=O)OC)COc1ccc(-c2ccc(CCc3ccc(CCCCCCCC)cc3)cc2)cc1COCC1(CC)COC1. The lowest BCUT2D eigenvalue weighted by molar-refractivity contribution is -0.165. The normalized spacial score (nSPS) is 12.9. The van der Waals surface area contributed by atoms with Crippen molar-refractivity contribution in [3.63, 3.8) is 0 Å². The second-order valence-corrected chi connectivity index (χ2v) is 17.2. The number of unbranched alkanes of at least 4 members (excludes halogenated alkanes) is 5. The summed E-state index contributed by atoms with van der Waals surface area (Å²) in [5, 5.41) is 0. The Balaban J connectivity index is 1.54. The summed E-state index contributed by atoms with van der Waals surface area (Å²) >= 11 is 0. The van der Waals surface area contributed by atoms with E-state index in [0.29, 0.717) is 31.1 Å². The van der Waals surface area contributed by atoms with Crippen LogP contribution in [0.25, 0.3) is 11.1 Å². The van der Waals surface area contributed by atoms with Crippen molar-refractivity contribution in [2.45, 2.75) is 104 Å². The van der Waals surface area contributed by atoms with Gasteiger partial charge in [-0.05, 0) is 79.0 Å². The molecular formula is C52H68O13. The van der Waals surface area contributed by atoms with Crippen molar-refractivity contribution >= 4 is 29.8 Å². The van der Waals surface area contributed by atoms with Crippen molar-refractivity contribution < 1.29 is 61.9 Å². The highest BCUT2D eigenvalue weighted by Gasteiger charge is 2.39. The zero-order valence-corrected chi connectivity index (χ0v) is 39.0. The predicted molar refractivity (Wildman–Crippen MR) is 245 cm³/mol. The molecular weight excluding hydrogens is 833 g/mol. The highest BCUT2D eigenvalue weighted by Crippen LogP contribution is 2.34. The number of aryl methyl sites for hydroxylation is 3. The second kappa shape index (κ2) is 27.1. The van der Waals surface area contributed by atoms with Crippen LogP contribution >= 0.6 is 0 Å². The van der Waals surface area contributed by atoms with Gasteiger partial charge in [0.05, 0.1) is 40.6 Å². The van der Waals surface area contributed by atoms with Crippen LogP contribution in [-0.4, -0.2) is 90.3 Å². The standard InChI is InChI=1S/C52H68O13/c1-7-9-10-11-12-13-14-39-15-17-40(18-16-39)19-20-41-21-23-42(24-22-41)43-25-26-45(44(27-43)30-60-31-51(8-2)32-61-33-51)62-34-52(37-65-50(57)38(3)4,35-63-48(55)28-46(53)58-5)36-64-49(56)29-47(54)59-6/h15-18,21-27H,3,7-14,19-20,28-37H2,1-2,4-6H3.